The number of piperidine rings is 1. The molecule has 1 aromatic carbocycles. The number of primary amides is 1. The van der Waals surface area contributed by atoms with Gasteiger partial charge in [-0.15, -0.1) is 0 Å². The predicted octanol–water partition coefficient (Wildman–Crippen LogP) is 2.86. The molecule has 1 saturated heterocycles. The minimum Gasteiger partial charge on any atom is -0.366 e. The monoisotopic (exact) mass is 341 g/mol. The third kappa shape index (κ3) is 4.41. The Morgan fingerprint density at radius 1 is 1.24 bits per heavy atom. The zero-order chi connectivity index (χ0) is 17.7. The Morgan fingerprint density at radius 3 is 2.88 bits per heavy atom. The number of likely N-dealkylation sites (tertiary alicyclic amines) is 1. The van der Waals surface area contributed by atoms with Gasteiger partial charge in [0.25, 0.3) is 0 Å². The normalized spacial score (nSPS) is 22.8. The SMILES string of the molecule is NC(=O)c1cccc(CCNC(=O)N2CCC[C@]3(CC=CCC3)C2)c1. The number of hydrogen-bond donors (Lipinski definition) is 2. The second-order valence-electron chi connectivity index (χ2n) is 7.29. The van der Waals surface area contributed by atoms with E-state index in [0.717, 1.165) is 37.9 Å². The lowest BCUT2D eigenvalue weighted by molar-refractivity contribution is 0.0961. The Bertz CT molecular complexity index is 671. The molecule has 0 saturated carbocycles. The highest BCUT2D eigenvalue weighted by Gasteiger charge is 2.36. The van der Waals surface area contributed by atoms with Crippen molar-refractivity contribution in [1.29, 1.82) is 0 Å². The van der Waals surface area contributed by atoms with Crippen molar-refractivity contribution in [3.63, 3.8) is 0 Å². The zero-order valence-corrected chi connectivity index (χ0v) is 14.7. The van der Waals surface area contributed by atoms with E-state index in [1.807, 2.05) is 17.0 Å². The van der Waals surface area contributed by atoms with E-state index in [2.05, 4.69) is 17.5 Å². The van der Waals surface area contributed by atoms with Crippen LogP contribution in [0.4, 0.5) is 4.79 Å². The van der Waals surface area contributed by atoms with E-state index in [9.17, 15) is 9.59 Å². The molecule has 0 unspecified atom stereocenters. The molecule has 1 aliphatic heterocycles. The molecule has 3 amide bonds. The van der Waals surface area contributed by atoms with Crippen molar-refractivity contribution in [2.45, 2.75) is 38.5 Å². The van der Waals surface area contributed by atoms with Crippen LogP contribution in [0.5, 0.6) is 0 Å². The first kappa shape index (κ1) is 17.5. The Morgan fingerprint density at radius 2 is 2.12 bits per heavy atom. The van der Waals surface area contributed by atoms with Crippen LogP contribution < -0.4 is 11.1 Å². The number of allylic oxidation sites excluding steroid dienone is 2. The van der Waals surface area contributed by atoms with Crippen molar-refractivity contribution in [3.8, 4) is 0 Å². The van der Waals surface area contributed by atoms with E-state index < -0.39 is 5.91 Å². The van der Waals surface area contributed by atoms with Crippen molar-refractivity contribution in [2.75, 3.05) is 19.6 Å². The van der Waals surface area contributed by atoms with E-state index in [4.69, 9.17) is 5.73 Å². The van der Waals surface area contributed by atoms with E-state index in [-0.39, 0.29) is 6.03 Å². The topological polar surface area (TPSA) is 75.4 Å². The Labute approximate surface area is 149 Å². The number of rotatable bonds is 4. The molecule has 25 heavy (non-hydrogen) atoms. The van der Waals surface area contributed by atoms with Gasteiger partial charge in [-0.25, -0.2) is 4.79 Å². The van der Waals surface area contributed by atoms with E-state index in [1.54, 1.807) is 12.1 Å². The van der Waals surface area contributed by atoms with Gasteiger partial charge in [-0.3, -0.25) is 4.79 Å². The van der Waals surface area contributed by atoms with Crippen LogP contribution in [0, 0.1) is 5.41 Å². The van der Waals surface area contributed by atoms with E-state index >= 15 is 0 Å². The van der Waals surface area contributed by atoms with Gasteiger partial charge in [0.15, 0.2) is 0 Å². The molecular weight excluding hydrogens is 314 g/mol. The van der Waals surface area contributed by atoms with Crippen molar-refractivity contribution < 1.29 is 9.59 Å². The lowest BCUT2D eigenvalue weighted by Gasteiger charge is -2.43. The van der Waals surface area contributed by atoms with E-state index in [1.165, 1.54) is 12.8 Å². The molecule has 1 spiro atoms. The van der Waals surface area contributed by atoms with Gasteiger partial charge in [0.1, 0.15) is 0 Å². The second-order valence-corrected chi connectivity index (χ2v) is 7.29. The summed E-state index contributed by atoms with van der Waals surface area (Å²) >= 11 is 0. The molecule has 1 aliphatic carbocycles. The number of nitrogens with one attached hydrogen (secondary N) is 1. The fourth-order valence-corrected chi connectivity index (χ4v) is 4.00. The lowest BCUT2D eigenvalue weighted by atomic mass is 9.71. The van der Waals surface area contributed by atoms with Gasteiger partial charge in [0.05, 0.1) is 0 Å². The molecule has 2 aliphatic rings. The molecule has 1 heterocycles. The average Bonchev–Trinajstić information content (AvgIpc) is 2.62. The molecule has 134 valence electrons. The van der Waals surface area contributed by atoms with Crippen molar-refractivity contribution in [3.05, 3.63) is 47.5 Å². The van der Waals surface area contributed by atoms with Gasteiger partial charge < -0.3 is 16.0 Å². The molecule has 5 nitrogen and oxygen atoms in total. The highest BCUT2D eigenvalue weighted by atomic mass is 16.2. The molecule has 0 bridgehead atoms. The smallest absolute Gasteiger partial charge is 0.317 e. The van der Waals surface area contributed by atoms with Crippen LogP contribution in [0.3, 0.4) is 0 Å². The number of hydrogen-bond acceptors (Lipinski definition) is 2. The fraction of sp³-hybridized carbons (Fsp3) is 0.500. The molecular formula is C20H27N3O2. The minimum atomic E-state index is -0.425. The molecule has 3 N–H and O–H groups in total. The standard InChI is InChI=1S/C20H27N3O2/c21-18(24)17-7-4-6-16(14-17)8-12-22-19(25)23-13-5-11-20(15-23)9-2-1-3-10-20/h1-2,4,6-7,14H,3,5,8-13,15H2,(H2,21,24)(H,22,25)/t20-/m1/s1. The Balaban J connectivity index is 1.50. The maximum atomic E-state index is 12.5. The summed E-state index contributed by atoms with van der Waals surface area (Å²) < 4.78 is 0. The predicted molar refractivity (Wildman–Crippen MR) is 98.3 cm³/mol. The summed E-state index contributed by atoms with van der Waals surface area (Å²) in [6.07, 6.45) is 10.9. The number of nitrogens with two attached hydrogens (primary N) is 1. The summed E-state index contributed by atoms with van der Waals surface area (Å²) in [6.45, 7) is 2.26. The minimum absolute atomic E-state index is 0.0275. The van der Waals surface area contributed by atoms with Crippen LogP contribution in [-0.2, 0) is 6.42 Å². The maximum Gasteiger partial charge on any atom is 0.317 e. The number of urea groups is 1. The van der Waals surface area contributed by atoms with Gasteiger partial charge in [-0.1, -0.05) is 24.3 Å². The highest BCUT2D eigenvalue weighted by Crippen LogP contribution is 2.40. The molecule has 5 heteroatoms. The van der Waals surface area contributed by atoms with Gasteiger partial charge >= 0.3 is 6.03 Å². The molecule has 1 atom stereocenters. The number of carbonyl (C=O) groups is 2. The van der Waals surface area contributed by atoms with Crippen LogP contribution >= 0.6 is 0 Å². The lowest BCUT2D eigenvalue weighted by Crippen LogP contribution is -2.50. The van der Waals surface area contributed by atoms with Crippen molar-refractivity contribution in [1.82, 2.24) is 10.2 Å². The average molecular weight is 341 g/mol. The van der Waals surface area contributed by atoms with E-state index in [0.29, 0.717) is 23.9 Å². The third-order valence-corrected chi connectivity index (χ3v) is 5.41. The largest absolute Gasteiger partial charge is 0.366 e. The second kappa shape index (κ2) is 7.72. The Kier molecular flexibility index (Phi) is 5.41. The fourth-order valence-electron chi connectivity index (χ4n) is 4.00. The first-order valence-electron chi connectivity index (χ1n) is 9.15. The van der Waals surface area contributed by atoms with Crippen LogP contribution in [-0.4, -0.2) is 36.5 Å². The maximum absolute atomic E-state index is 12.5. The van der Waals surface area contributed by atoms with Gasteiger partial charge in [0, 0.05) is 25.2 Å². The van der Waals surface area contributed by atoms with Gasteiger partial charge in [-0.2, -0.15) is 0 Å². The molecule has 1 aromatic rings. The molecule has 0 aromatic heterocycles. The molecule has 1 fully saturated rings. The number of carbonyl (C=O) groups excluding carboxylic acids is 2. The first-order valence-corrected chi connectivity index (χ1v) is 9.15. The number of benzene rings is 1. The van der Waals surface area contributed by atoms with Crippen molar-refractivity contribution in [2.24, 2.45) is 11.1 Å². The van der Waals surface area contributed by atoms with Crippen LogP contribution in [0.25, 0.3) is 0 Å². The van der Waals surface area contributed by atoms with Gasteiger partial charge in [0.2, 0.25) is 5.91 Å². The van der Waals surface area contributed by atoms with Crippen LogP contribution in [0.1, 0.15) is 48.0 Å². The number of nitrogens with zero attached hydrogens (tertiary/aromatic N) is 1. The van der Waals surface area contributed by atoms with Gasteiger partial charge in [-0.05, 0) is 61.6 Å². The zero-order valence-electron chi connectivity index (χ0n) is 14.7. The quantitative estimate of drug-likeness (QED) is 0.826. The van der Waals surface area contributed by atoms with Crippen LogP contribution in [0.2, 0.25) is 0 Å². The summed E-state index contributed by atoms with van der Waals surface area (Å²) in [5.41, 5.74) is 7.11. The summed E-state index contributed by atoms with van der Waals surface area (Å²) in [5, 5.41) is 3.02. The number of amides is 3. The summed E-state index contributed by atoms with van der Waals surface area (Å²) in [4.78, 5) is 25.7. The summed E-state index contributed by atoms with van der Waals surface area (Å²) in [5.74, 6) is -0.425. The Hall–Kier alpha value is -2.30. The summed E-state index contributed by atoms with van der Waals surface area (Å²) in [6, 6.07) is 7.29. The third-order valence-electron chi connectivity index (χ3n) is 5.41. The van der Waals surface area contributed by atoms with Crippen LogP contribution in [0.15, 0.2) is 36.4 Å². The molecule has 3 rings (SSSR count). The molecule has 0 radical (unpaired) electrons. The highest BCUT2D eigenvalue weighted by molar-refractivity contribution is 5.92. The van der Waals surface area contributed by atoms with Crippen molar-refractivity contribution >= 4 is 11.9 Å². The first-order chi connectivity index (χ1) is 12.1. The summed E-state index contributed by atoms with van der Waals surface area (Å²) in [7, 11) is 0.